The number of alkyl halides is 3. The van der Waals surface area contributed by atoms with Crippen molar-refractivity contribution in [2.24, 2.45) is 0 Å². The Bertz CT molecular complexity index is 699. The molecule has 0 N–H and O–H groups in total. The molecule has 0 unspecified atom stereocenters. The van der Waals surface area contributed by atoms with E-state index in [0.717, 1.165) is 6.07 Å². The maximum absolute atomic E-state index is 13.2. The molecule has 116 valence electrons. The fourth-order valence-corrected chi connectivity index (χ4v) is 1.94. The first-order chi connectivity index (χ1) is 10.4. The first-order valence-electron chi connectivity index (χ1n) is 6.47. The average Bonchev–Trinajstić information content (AvgIpc) is 2.95. The zero-order valence-corrected chi connectivity index (χ0v) is 11.7. The molecule has 1 aromatic carbocycles. The van der Waals surface area contributed by atoms with Crippen molar-refractivity contribution in [3.63, 3.8) is 0 Å². The second-order valence-electron chi connectivity index (χ2n) is 4.38. The summed E-state index contributed by atoms with van der Waals surface area (Å²) >= 11 is 0. The lowest BCUT2D eigenvalue weighted by atomic mass is 10.0. The molecule has 0 saturated carbocycles. The highest BCUT2D eigenvalue weighted by molar-refractivity contribution is 5.90. The molecule has 0 atom stereocenters. The van der Waals surface area contributed by atoms with Crippen LogP contribution in [-0.4, -0.2) is 12.6 Å². The Labute approximate surface area is 125 Å². The van der Waals surface area contributed by atoms with Gasteiger partial charge >= 0.3 is 12.1 Å². The van der Waals surface area contributed by atoms with E-state index in [-0.39, 0.29) is 23.5 Å². The van der Waals surface area contributed by atoms with E-state index in [1.54, 1.807) is 6.92 Å². The minimum Gasteiger partial charge on any atom is -0.462 e. The van der Waals surface area contributed by atoms with E-state index < -0.39 is 17.7 Å². The van der Waals surface area contributed by atoms with Gasteiger partial charge in [-0.1, -0.05) is 6.58 Å². The Morgan fingerprint density at radius 2 is 2.05 bits per heavy atom. The lowest BCUT2D eigenvalue weighted by Crippen LogP contribution is -2.11. The van der Waals surface area contributed by atoms with Gasteiger partial charge < -0.3 is 9.15 Å². The maximum Gasteiger partial charge on any atom is 0.417 e. The second kappa shape index (κ2) is 6.09. The summed E-state index contributed by atoms with van der Waals surface area (Å²) in [6.45, 7) is 5.16. The Morgan fingerprint density at radius 1 is 1.32 bits per heavy atom. The van der Waals surface area contributed by atoms with Gasteiger partial charge in [-0.2, -0.15) is 13.2 Å². The molecule has 2 rings (SSSR count). The summed E-state index contributed by atoms with van der Waals surface area (Å²) in [5.41, 5.74) is -1.26. The Balaban J connectivity index is 2.54. The van der Waals surface area contributed by atoms with E-state index in [4.69, 9.17) is 9.15 Å². The number of furan rings is 1. The molecular formula is C16H13F3O3. The molecule has 0 radical (unpaired) electrons. The summed E-state index contributed by atoms with van der Waals surface area (Å²) in [5.74, 6) is -0.388. The number of hydrogen-bond donors (Lipinski definition) is 0. The van der Waals surface area contributed by atoms with E-state index in [9.17, 15) is 18.0 Å². The Kier molecular flexibility index (Phi) is 4.40. The molecule has 0 fully saturated rings. The first kappa shape index (κ1) is 15.9. The molecule has 22 heavy (non-hydrogen) atoms. The fraction of sp³-hybridized carbons (Fsp3) is 0.188. The summed E-state index contributed by atoms with van der Waals surface area (Å²) in [6.07, 6.45) is -3.23. The number of halogens is 3. The van der Waals surface area contributed by atoms with Crippen LogP contribution in [0.1, 0.15) is 28.6 Å². The van der Waals surface area contributed by atoms with E-state index in [2.05, 4.69) is 6.58 Å². The molecular weight excluding hydrogens is 297 g/mol. The normalized spacial score (nSPS) is 11.3. The van der Waals surface area contributed by atoms with Gasteiger partial charge in [0.1, 0.15) is 11.5 Å². The lowest BCUT2D eigenvalue weighted by Gasteiger charge is -2.13. The van der Waals surface area contributed by atoms with E-state index in [1.807, 2.05) is 0 Å². The Hall–Kier alpha value is -2.50. The summed E-state index contributed by atoms with van der Waals surface area (Å²) in [6, 6.07) is 6.18. The molecule has 2 aromatic rings. The fourth-order valence-electron chi connectivity index (χ4n) is 1.94. The summed E-state index contributed by atoms with van der Waals surface area (Å²) in [5, 5.41) is 0. The average molecular weight is 310 g/mol. The molecule has 0 spiro atoms. The molecule has 1 heterocycles. The number of carbonyl (C=O) groups excluding carboxylic acids is 1. The summed E-state index contributed by atoms with van der Waals surface area (Å²) in [4.78, 5) is 11.6. The van der Waals surface area contributed by atoms with Gasteiger partial charge in [0.05, 0.1) is 17.7 Å². The van der Waals surface area contributed by atoms with Crippen LogP contribution in [0.25, 0.3) is 17.4 Å². The predicted molar refractivity (Wildman–Crippen MR) is 75.2 cm³/mol. The van der Waals surface area contributed by atoms with Crippen LogP contribution >= 0.6 is 0 Å². The smallest absolute Gasteiger partial charge is 0.417 e. The zero-order chi connectivity index (χ0) is 16.3. The van der Waals surface area contributed by atoms with E-state index in [1.165, 1.54) is 30.3 Å². The van der Waals surface area contributed by atoms with E-state index >= 15 is 0 Å². The number of esters is 1. The first-order valence-corrected chi connectivity index (χ1v) is 6.47. The molecule has 6 heteroatoms. The molecule has 0 aliphatic carbocycles. The van der Waals surface area contributed by atoms with Crippen molar-refractivity contribution in [3.8, 4) is 11.3 Å². The van der Waals surface area contributed by atoms with Gasteiger partial charge in [0.15, 0.2) is 0 Å². The predicted octanol–water partition coefficient (Wildman–Crippen LogP) is 4.79. The third-order valence-electron chi connectivity index (χ3n) is 2.93. The third-order valence-corrected chi connectivity index (χ3v) is 2.93. The van der Waals surface area contributed by atoms with Crippen LogP contribution in [0.3, 0.4) is 0 Å². The van der Waals surface area contributed by atoms with Crippen molar-refractivity contribution in [2.75, 3.05) is 6.61 Å². The quantitative estimate of drug-likeness (QED) is 0.763. The standard InChI is InChI=1S/C16H13F3O3/c1-3-11-6-8-14(22-11)12-7-5-10(15(20)21-4-2)9-13(12)16(17,18)19/h3,5-9H,1,4H2,2H3. The number of carbonyl (C=O) groups is 1. The number of benzene rings is 1. The monoisotopic (exact) mass is 310 g/mol. The molecule has 0 bridgehead atoms. The van der Waals surface area contributed by atoms with Crippen molar-refractivity contribution in [1.82, 2.24) is 0 Å². The topological polar surface area (TPSA) is 39.4 Å². The third kappa shape index (κ3) is 3.21. The van der Waals surface area contributed by atoms with Crippen LogP contribution in [0, 0.1) is 0 Å². The van der Waals surface area contributed by atoms with Gasteiger partial charge in [-0.05, 0) is 43.3 Å². The number of hydrogen-bond acceptors (Lipinski definition) is 3. The van der Waals surface area contributed by atoms with Crippen LogP contribution in [0.4, 0.5) is 13.2 Å². The van der Waals surface area contributed by atoms with Crippen molar-refractivity contribution < 1.29 is 27.1 Å². The lowest BCUT2D eigenvalue weighted by molar-refractivity contribution is -0.137. The SMILES string of the molecule is C=Cc1ccc(-c2ccc(C(=O)OCC)cc2C(F)(F)F)o1. The van der Waals surface area contributed by atoms with Gasteiger partial charge in [-0.15, -0.1) is 0 Å². The second-order valence-corrected chi connectivity index (χ2v) is 4.38. The van der Waals surface area contributed by atoms with Crippen molar-refractivity contribution in [3.05, 3.63) is 53.8 Å². The number of rotatable bonds is 4. The van der Waals surface area contributed by atoms with Crippen LogP contribution in [0.5, 0.6) is 0 Å². The number of ether oxygens (including phenoxy) is 1. The minimum atomic E-state index is -4.63. The highest BCUT2D eigenvalue weighted by Crippen LogP contribution is 2.38. The van der Waals surface area contributed by atoms with Crippen molar-refractivity contribution >= 4 is 12.0 Å². The largest absolute Gasteiger partial charge is 0.462 e. The van der Waals surface area contributed by atoms with E-state index in [0.29, 0.717) is 5.76 Å². The molecule has 0 saturated heterocycles. The van der Waals surface area contributed by atoms with Gasteiger partial charge in [0, 0.05) is 5.56 Å². The highest BCUT2D eigenvalue weighted by Gasteiger charge is 2.35. The van der Waals surface area contributed by atoms with Crippen molar-refractivity contribution in [2.45, 2.75) is 13.1 Å². The van der Waals surface area contributed by atoms with Crippen LogP contribution in [-0.2, 0) is 10.9 Å². The van der Waals surface area contributed by atoms with Gasteiger partial charge in [0.2, 0.25) is 0 Å². The zero-order valence-electron chi connectivity index (χ0n) is 11.7. The van der Waals surface area contributed by atoms with Crippen LogP contribution in [0.2, 0.25) is 0 Å². The van der Waals surface area contributed by atoms with Gasteiger partial charge in [0.25, 0.3) is 0 Å². The van der Waals surface area contributed by atoms with Gasteiger partial charge in [-0.3, -0.25) is 0 Å². The molecule has 0 aliphatic heterocycles. The summed E-state index contributed by atoms with van der Waals surface area (Å²) in [7, 11) is 0. The van der Waals surface area contributed by atoms with Crippen LogP contribution in [0.15, 0.2) is 41.3 Å². The highest BCUT2D eigenvalue weighted by atomic mass is 19.4. The van der Waals surface area contributed by atoms with Gasteiger partial charge in [-0.25, -0.2) is 4.79 Å². The molecule has 0 aliphatic rings. The maximum atomic E-state index is 13.2. The minimum absolute atomic E-state index is 0.0534. The Morgan fingerprint density at radius 3 is 2.59 bits per heavy atom. The molecule has 1 aromatic heterocycles. The summed E-state index contributed by atoms with van der Waals surface area (Å²) < 4.78 is 49.7. The van der Waals surface area contributed by atoms with Crippen molar-refractivity contribution in [1.29, 1.82) is 0 Å². The molecule has 3 nitrogen and oxygen atoms in total. The molecule has 0 amide bonds. The van der Waals surface area contributed by atoms with Crippen LogP contribution < -0.4 is 0 Å².